The normalized spacial score (nSPS) is 11.1. The van der Waals surface area contributed by atoms with Crippen LogP contribution in [0.1, 0.15) is 11.4 Å². The van der Waals surface area contributed by atoms with Gasteiger partial charge in [-0.25, -0.2) is 4.98 Å². The molecule has 0 aliphatic rings. The second kappa shape index (κ2) is 6.72. The maximum Gasteiger partial charge on any atom is 0.207 e. The van der Waals surface area contributed by atoms with Gasteiger partial charge >= 0.3 is 0 Å². The molecular formula is C18H17N3O. The van der Waals surface area contributed by atoms with Crippen molar-refractivity contribution in [1.29, 1.82) is 0 Å². The Morgan fingerprint density at radius 2 is 1.82 bits per heavy atom. The number of nitrogens with one attached hydrogen (secondary N) is 1. The summed E-state index contributed by atoms with van der Waals surface area (Å²) in [4.78, 5) is 15.1. The first kappa shape index (κ1) is 14.1. The molecule has 0 aliphatic heterocycles. The zero-order valence-electron chi connectivity index (χ0n) is 12.1. The van der Waals surface area contributed by atoms with Crippen molar-refractivity contribution in [3.63, 3.8) is 0 Å². The summed E-state index contributed by atoms with van der Waals surface area (Å²) in [5.74, 6) is 0.853. The third-order valence-corrected chi connectivity index (χ3v) is 3.47. The number of para-hydroxylation sites is 2. The maximum atomic E-state index is 10.5. The van der Waals surface area contributed by atoms with Crippen molar-refractivity contribution in [2.45, 2.75) is 13.1 Å². The van der Waals surface area contributed by atoms with Crippen LogP contribution in [-0.4, -0.2) is 16.0 Å². The minimum atomic E-state index is 0.428. The fourth-order valence-corrected chi connectivity index (χ4v) is 2.46. The fraction of sp³-hybridized carbons (Fsp3) is 0.111. The second-order valence-electron chi connectivity index (χ2n) is 4.94. The lowest BCUT2D eigenvalue weighted by Crippen LogP contribution is -2.14. The molecule has 1 aromatic heterocycles. The number of benzene rings is 2. The van der Waals surface area contributed by atoms with E-state index in [1.54, 1.807) is 0 Å². The quantitative estimate of drug-likeness (QED) is 0.710. The van der Waals surface area contributed by atoms with Gasteiger partial charge in [0, 0.05) is 6.54 Å². The molecule has 3 rings (SSSR count). The maximum absolute atomic E-state index is 10.5. The highest BCUT2D eigenvalue weighted by Gasteiger charge is 2.08. The predicted octanol–water partition coefficient (Wildman–Crippen LogP) is 3.00. The third kappa shape index (κ3) is 3.06. The van der Waals surface area contributed by atoms with E-state index in [0.29, 0.717) is 19.5 Å². The average Bonchev–Trinajstić information content (AvgIpc) is 2.92. The van der Waals surface area contributed by atoms with Crippen LogP contribution in [0.5, 0.6) is 0 Å². The van der Waals surface area contributed by atoms with Crippen molar-refractivity contribution in [2.24, 2.45) is 0 Å². The molecule has 1 heterocycles. The first-order valence-corrected chi connectivity index (χ1v) is 7.21. The molecular weight excluding hydrogens is 274 g/mol. The van der Waals surface area contributed by atoms with Crippen LogP contribution < -0.4 is 5.32 Å². The number of fused-ring (bicyclic) bond motifs is 1. The van der Waals surface area contributed by atoms with E-state index in [1.807, 2.05) is 42.5 Å². The lowest BCUT2D eigenvalue weighted by atomic mass is 10.2. The fourth-order valence-electron chi connectivity index (χ4n) is 2.46. The Labute approximate surface area is 129 Å². The van der Waals surface area contributed by atoms with Crippen molar-refractivity contribution >= 4 is 23.5 Å². The molecule has 4 nitrogen and oxygen atoms in total. The topological polar surface area (TPSA) is 46.9 Å². The van der Waals surface area contributed by atoms with Crippen molar-refractivity contribution in [1.82, 2.24) is 14.9 Å². The average molecular weight is 291 g/mol. The van der Waals surface area contributed by atoms with E-state index in [1.165, 1.54) is 5.56 Å². The molecule has 0 bridgehead atoms. The van der Waals surface area contributed by atoms with Crippen LogP contribution >= 0.6 is 0 Å². The van der Waals surface area contributed by atoms with E-state index in [9.17, 15) is 4.79 Å². The van der Waals surface area contributed by atoms with E-state index in [0.717, 1.165) is 16.9 Å². The van der Waals surface area contributed by atoms with E-state index >= 15 is 0 Å². The molecule has 0 radical (unpaired) electrons. The van der Waals surface area contributed by atoms with Crippen LogP contribution in [-0.2, 0) is 17.9 Å². The number of aromatic nitrogens is 2. The number of hydrogen-bond donors (Lipinski definition) is 1. The summed E-state index contributed by atoms with van der Waals surface area (Å²) in [6, 6.07) is 18.2. The van der Waals surface area contributed by atoms with Gasteiger partial charge in [-0.2, -0.15) is 0 Å². The minimum Gasteiger partial charge on any atom is -0.351 e. The molecule has 0 aliphatic carbocycles. The van der Waals surface area contributed by atoms with Crippen molar-refractivity contribution in [3.05, 3.63) is 72.1 Å². The number of carbonyl (C=O) groups is 1. The van der Waals surface area contributed by atoms with E-state index < -0.39 is 0 Å². The van der Waals surface area contributed by atoms with Gasteiger partial charge in [0.15, 0.2) is 0 Å². The van der Waals surface area contributed by atoms with Crippen molar-refractivity contribution in [3.8, 4) is 0 Å². The smallest absolute Gasteiger partial charge is 0.207 e. The summed E-state index contributed by atoms with van der Waals surface area (Å²) in [7, 11) is 0. The number of carbonyl (C=O) groups excluding carboxylic acids is 1. The van der Waals surface area contributed by atoms with Crippen molar-refractivity contribution < 1.29 is 4.79 Å². The van der Waals surface area contributed by atoms with Crippen LogP contribution in [0.4, 0.5) is 0 Å². The van der Waals surface area contributed by atoms with Crippen LogP contribution in [0.15, 0.2) is 60.7 Å². The summed E-state index contributed by atoms with van der Waals surface area (Å²) in [6.07, 6.45) is 4.89. The number of allylic oxidation sites excluding steroid dienone is 1. The Kier molecular flexibility index (Phi) is 4.30. The molecule has 2 aromatic carbocycles. The Bertz CT molecular complexity index is 790. The summed E-state index contributed by atoms with van der Waals surface area (Å²) in [6.45, 7) is 1.14. The summed E-state index contributed by atoms with van der Waals surface area (Å²) in [5, 5.41) is 2.69. The van der Waals surface area contributed by atoms with Gasteiger partial charge in [0.05, 0.1) is 17.6 Å². The Balaban J connectivity index is 1.87. The molecule has 1 N–H and O–H groups in total. The van der Waals surface area contributed by atoms with Crippen LogP contribution in [0.3, 0.4) is 0 Å². The van der Waals surface area contributed by atoms with Gasteiger partial charge < -0.3 is 9.88 Å². The number of amides is 1. The molecule has 0 fully saturated rings. The highest BCUT2D eigenvalue weighted by molar-refractivity contribution is 5.76. The van der Waals surface area contributed by atoms with Gasteiger partial charge in [0.1, 0.15) is 5.82 Å². The standard InChI is InChI=1S/C18H17N3O/c22-14-19-13-18-20-16-10-4-5-11-17(16)21(18)12-6-9-15-7-2-1-3-8-15/h1-11,14H,12-13H2,(H,19,22). The highest BCUT2D eigenvalue weighted by atomic mass is 16.1. The zero-order chi connectivity index (χ0) is 15.2. The Morgan fingerprint density at radius 3 is 2.64 bits per heavy atom. The number of rotatable bonds is 6. The summed E-state index contributed by atoms with van der Waals surface area (Å²) >= 11 is 0. The second-order valence-corrected chi connectivity index (χ2v) is 4.94. The van der Waals surface area contributed by atoms with E-state index in [2.05, 4.69) is 39.2 Å². The molecule has 4 heteroatoms. The van der Waals surface area contributed by atoms with Gasteiger partial charge in [0.25, 0.3) is 0 Å². The van der Waals surface area contributed by atoms with Gasteiger partial charge in [-0.15, -0.1) is 0 Å². The number of nitrogens with zero attached hydrogens (tertiary/aromatic N) is 2. The molecule has 0 saturated heterocycles. The molecule has 22 heavy (non-hydrogen) atoms. The van der Waals surface area contributed by atoms with Crippen LogP contribution in [0, 0.1) is 0 Å². The molecule has 110 valence electrons. The number of imidazole rings is 1. The van der Waals surface area contributed by atoms with Gasteiger partial charge in [-0.3, -0.25) is 4.79 Å². The Hall–Kier alpha value is -2.88. The van der Waals surface area contributed by atoms with Crippen molar-refractivity contribution in [2.75, 3.05) is 0 Å². The molecule has 1 amide bonds. The predicted molar refractivity (Wildman–Crippen MR) is 88.1 cm³/mol. The highest BCUT2D eigenvalue weighted by Crippen LogP contribution is 2.16. The van der Waals surface area contributed by atoms with E-state index in [4.69, 9.17) is 0 Å². The monoisotopic (exact) mass is 291 g/mol. The number of hydrogen-bond acceptors (Lipinski definition) is 2. The Morgan fingerprint density at radius 1 is 1.05 bits per heavy atom. The van der Waals surface area contributed by atoms with Gasteiger partial charge in [0.2, 0.25) is 6.41 Å². The van der Waals surface area contributed by atoms with Crippen LogP contribution in [0.2, 0.25) is 0 Å². The molecule has 3 aromatic rings. The SMILES string of the molecule is O=CNCc1nc2ccccc2n1CC=Cc1ccccc1. The lowest BCUT2D eigenvalue weighted by molar-refractivity contribution is -0.109. The summed E-state index contributed by atoms with van der Waals surface area (Å²) < 4.78 is 2.12. The zero-order valence-corrected chi connectivity index (χ0v) is 12.1. The molecule has 0 unspecified atom stereocenters. The third-order valence-electron chi connectivity index (χ3n) is 3.47. The van der Waals surface area contributed by atoms with Gasteiger partial charge in [-0.05, 0) is 17.7 Å². The first-order valence-electron chi connectivity index (χ1n) is 7.21. The minimum absolute atomic E-state index is 0.428. The first-order chi connectivity index (χ1) is 10.9. The summed E-state index contributed by atoms with van der Waals surface area (Å²) in [5.41, 5.74) is 3.18. The molecule has 0 saturated carbocycles. The van der Waals surface area contributed by atoms with Gasteiger partial charge in [-0.1, -0.05) is 54.6 Å². The molecule has 0 atom stereocenters. The molecule has 0 spiro atoms. The van der Waals surface area contributed by atoms with E-state index in [-0.39, 0.29) is 0 Å². The van der Waals surface area contributed by atoms with Crippen LogP contribution in [0.25, 0.3) is 17.1 Å². The lowest BCUT2D eigenvalue weighted by Gasteiger charge is -2.05. The largest absolute Gasteiger partial charge is 0.351 e.